The first-order valence-corrected chi connectivity index (χ1v) is 11.3. The molecule has 1 amide bonds. The normalized spacial score (nSPS) is 13.3. The van der Waals surface area contributed by atoms with Gasteiger partial charge in [-0.1, -0.05) is 24.3 Å². The molecule has 0 aliphatic heterocycles. The molecule has 0 bridgehead atoms. The molecule has 4 nitrogen and oxygen atoms in total. The number of nitrogens with zero attached hydrogens (tertiary/aromatic N) is 2. The number of ether oxygens (including phenoxy) is 1. The van der Waals surface area contributed by atoms with Gasteiger partial charge in [-0.25, -0.2) is 4.98 Å². The zero-order valence-corrected chi connectivity index (χ0v) is 18.9. The van der Waals surface area contributed by atoms with Crippen molar-refractivity contribution in [2.45, 2.75) is 59.7 Å². The molecule has 30 heavy (non-hydrogen) atoms. The van der Waals surface area contributed by atoms with Gasteiger partial charge in [-0.15, -0.1) is 11.3 Å². The number of aromatic nitrogens is 1. The second-order valence-electron chi connectivity index (χ2n) is 8.21. The number of rotatable bonds is 7. The van der Waals surface area contributed by atoms with E-state index in [-0.39, 0.29) is 5.91 Å². The van der Waals surface area contributed by atoms with Crippen LogP contribution < -0.4 is 4.74 Å². The van der Waals surface area contributed by atoms with Gasteiger partial charge in [-0.05, 0) is 74.9 Å². The molecule has 0 radical (unpaired) electrons. The van der Waals surface area contributed by atoms with Crippen LogP contribution in [0.3, 0.4) is 0 Å². The molecule has 0 spiro atoms. The van der Waals surface area contributed by atoms with E-state index in [1.54, 1.807) is 11.3 Å². The van der Waals surface area contributed by atoms with E-state index in [0.717, 1.165) is 40.4 Å². The summed E-state index contributed by atoms with van der Waals surface area (Å²) in [5.74, 6) is 1.02. The third kappa shape index (κ3) is 4.57. The van der Waals surface area contributed by atoms with Crippen LogP contribution in [0.15, 0.2) is 41.8 Å². The molecule has 1 aliphatic carbocycles. The summed E-state index contributed by atoms with van der Waals surface area (Å²) in [5, 5.41) is 2.98. The molecule has 156 valence electrons. The third-order valence-corrected chi connectivity index (χ3v) is 6.54. The molecule has 0 atom stereocenters. The molecule has 0 N–H and O–H groups in total. The molecule has 4 rings (SSSR count). The average Bonchev–Trinajstić information content (AvgIpc) is 3.46. The van der Waals surface area contributed by atoms with Crippen LogP contribution in [0.4, 0.5) is 0 Å². The smallest absolute Gasteiger partial charge is 0.254 e. The van der Waals surface area contributed by atoms with Gasteiger partial charge in [0.25, 0.3) is 5.91 Å². The van der Waals surface area contributed by atoms with Crippen LogP contribution in [-0.2, 0) is 13.2 Å². The molecular formula is C25H28N2O2S. The van der Waals surface area contributed by atoms with Crippen LogP contribution in [-0.4, -0.2) is 21.8 Å². The number of benzene rings is 2. The highest BCUT2D eigenvalue weighted by molar-refractivity contribution is 7.09. The lowest BCUT2D eigenvalue weighted by molar-refractivity contribution is 0.0727. The SMILES string of the molecule is Cc1cc(C)c(C)c(OCc2nc(CN(C(=O)c3ccccc3C)C3CC3)cs2)c1. The summed E-state index contributed by atoms with van der Waals surface area (Å²) in [7, 11) is 0. The minimum atomic E-state index is 0.104. The van der Waals surface area contributed by atoms with Gasteiger partial charge < -0.3 is 9.64 Å². The van der Waals surface area contributed by atoms with Gasteiger partial charge in [0.15, 0.2) is 0 Å². The van der Waals surface area contributed by atoms with E-state index < -0.39 is 0 Å². The quantitative estimate of drug-likeness (QED) is 0.488. The fourth-order valence-electron chi connectivity index (χ4n) is 3.67. The van der Waals surface area contributed by atoms with E-state index >= 15 is 0 Å². The van der Waals surface area contributed by atoms with Crippen LogP contribution in [0.1, 0.15) is 56.2 Å². The summed E-state index contributed by atoms with van der Waals surface area (Å²) in [6, 6.07) is 12.4. The van der Waals surface area contributed by atoms with Crippen molar-refractivity contribution in [2.24, 2.45) is 0 Å². The van der Waals surface area contributed by atoms with Gasteiger partial charge in [0.05, 0.1) is 12.2 Å². The average molecular weight is 421 g/mol. The zero-order valence-electron chi connectivity index (χ0n) is 18.1. The van der Waals surface area contributed by atoms with Crippen LogP contribution in [0.25, 0.3) is 0 Å². The number of hydrogen-bond donors (Lipinski definition) is 0. The van der Waals surface area contributed by atoms with Crippen molar-refractivity contribution >= 4 is 17.2 Å². The molecule has 3 aromatic rings. The zero-order chi connectivity index (χ0) is 21.3. The summed E-state index contributed by atoms with van der Waals surface area (Å²) in [5.41, 5.74) is 6.34. The summed E-state index contributed by atoms with van der Waals surface area (Å²) < 4.78 is 6.06. The van der Waals surface area contributed by atoms with Gasteiger partial charge in [-0.3, -0.25) is 4.79 Å². The summed E-state index contributed by atoms with van der Waals surface area (Å²) in [6.45, 7) is 9.27. The lowest BCUT2D eigenvalue weighted by atomic mass is 10.1. The summed E-state index contributed by atoms with van der Waals surface area (Å²) >= 11 is 1.59. The van der Waals surface area contributed by atoms with Crippen molar-refractivity contribution < 1.29 is 9.53 Å². The topological polar surface area (TPSA) is 42.4 Å². The molecule has 0 saturated heterocycles. The predicted octanol–water partition coefficient (Wildman–Crippen LogP) is 5.76. The van der Waals surface area contributed by atoms with Crippen molar-refractivity contribution in [3.05, 3.63) is 80.3 Å². The number of carbonyl (C=O) groups is 1. The van der Waals surface area contributed by atoms with Crippen molar-refractivity contribution in [3.63, 3.8) is 0 Å². The van der Waals surface area contributed by atoms with Gasteiger partial charge in [-0.2, -0.15) is 0 Å². The van der Waals surface area contributed by atoms with Crippen molar-refractivity contribution in [2.75, 3.05) is 0 Å². The van der Waals surface area contributed by atoms with Crippen LogP contribution >= 0.6 is 11.3 Å². The Morgan fingerprint density at radius 1 is 1.13 bits per heavy atom. The number of carbonyl (C=O) groups excluding carboxylic acids is 1. The van der Waals surface area contributed by atoms with E-state index in [4.69, 9.17) is 9.72 Å². The first-order valence-electron chi connectivity index (χ1n) is 10.4. The number of amides is 1. The standard InChI is InChI=1S/C25H28N2O2S/c1-16-11-18(3)19(4)23(12-16)29-14-24-26-20(15-30-24)13-27(21-9-10-21)25(28)22-8-6-5-7-17(22)2/h5-8,11-12,15,21H,9-10,13-14H2,1-4H3. The van der Waals surface area contributed by atoms with Crippen molar-refractivity contribution in [3.8, 4) is 5.75 Å². The molecule has 1 fully saturated rings. The van der Waals surface area contributed by atoms with Gasteiger partial charge in [0.2, 0.25) is 0 Å². The summed E-state index contributed by atoms with van der Waals surface area (Å²) in [4.78, 5) is 19.9. The summed E-state index contributed by atoms with van der Waals surface area (Å²) in [6.07, 6.45) is 2.15. The van der Waals surface area contributed by atoms with Crippen molar-refractivity contribution in [1.82, 2.24) is 9.88 Å². The molecule has 0 unspecified atom stereocenters. The lowest BCUT2D eigenvalue weighted by Crippen LogP contribution is -2.33. The van der Waals surface area contributed by atoms with E-state index in [9.17, 15) is 4.79 Å². The highest BCUT2D eigenvalue weighted by atomic mass is 32.1. The van der Waals surface area contributed by atoms with E-state index in [1.807, 2.05) is 41.5 Å². The number of thiazole rings is 1. The van der Waals surface area contributed by atoms with Gasteiger partial charge >= 0.3 is 0 Å². The van der Waals surface area contributed by atoms with Gasteiger partial charge in [0, 0.05) is 17.0 Å². The van der Waals surface area contributed by atoms with Gasteiger partial charge in [0.1, 0.15) is 17.4 Å². The number of aryl methyl sites for hydroxylation is 3. The Balaban J connectivity index is 1.44. The third-order valence-electron chi connectivity index (χ3n) is 5.67. The Kier molecular flexibility index (Phi) is 5.91. The molecule has 1 aliphatic rings. The first kappa shape index (κ1) is 20.6. The Morgan fingerprint density at radius 3 is 2.63 bits per heavy atom. The fourth-order valence-corrected chi connectivity index (χ4v) is 4.37. The monoisotopic (exact) mass is 420 g/mol. The van der Waals surface area contributed by atoms with Crippen LogP contribution in [0.2, 0.25) is 0 Å². The minimum Gasteiger partial charge on any atom is -0.486 e. The molecule has 1 heterocycles. The maximum Gasteiger partial charge on any atom is 0.254 e. The maximum atomic E-state index is 13.1. The number of hydrogen-bond acceptors (Lipinski definition) is 4. The van der Waals surface area contributed by atoms with Crippen molar-refractivity contribution in [1.29, 1.82) is 0 Å². The fraction of sp³-hybridized carbons (Fsp3) is 0.360. The second kappa shape index (κ2) is 8.60. The maximum absolute atomic E-state index is 13.1. The lowest BCUT2D eigenvalue weighted by Gasteiger charge is -2.22. The Hall–Kier alpha value is -2.66. The molecular weight excluding hydrogens is 392 g/mol. The Morgan fingerprint density at radius 2 is 1.90 bits per heavy atom. The highest BCUT2D eigenvalue weighted by Crippen LogP contribution is 2.31. The molecule has 2 aromatic carbocycles. The predicted molar refractivity (Wildman–Crippen MR) is 121 cm³/mol. The molecule has 1 saturated carbocycles. The van der Waals surface area contributed by atoms with Crippen LogP contribution in [0, 0.1) is 27.7 Å². The van der Waals surface area contributed by atoms with E-state index in [0.29, 0.717) is 19.2 Å². The molecule has 1 aromatic heterocycles. The highest BCUT2D eigenvalue weighted by Gasteiger charge is 2.34. The minimum absolute atomic E-state index is 0.104. The van der Waals surface area contributed by atoms with E-state index in [1.165, 1.54) is 16.7 Å². The van der Waals surface area contributed by atoms with E-state index in [2.05, 4.69) is 32.9 Å². The van der Waals surface area contributed by atoms with Crippen LogP contribution in [0.5, 0.6) is 5.75 Å². The largest absolute Gasteiger partial charge is 0.486 e. The Bertz CT molecular complexity index is 1070. The Labute approximate surface area is 182 Å². The first-order chi connectivity index (χ1) is 14.4. The second-order valence-corrected chi connectivity index (χ2v) is 9.15. The molecule has 5 heteroatoms.